The SMILES string of the molecule is Cc1cccc(Cc2cnc(NC(=O)C3CCN(c4ncccn4)CC3)s2)c1. The van der Waals surface area contributed by atoms with Crippen molar-refractivity contribution >= 4 is 28.3 Å². The number of nitrogens with one attached hydrogen (secondary N) is 1. The van der Waals surface area contributed by atoms with Crippen molar-refractivity contribution in [3.63, 3.8) is 0 Å². The number of thiazole rings is 1. The van der Waals surface area contributed by atoms with Crippen LogP contribution in [0.5, 0.6) is 0 Å². The molecule has 1 saturated heterocycles. The highest BCUT2D eigenvalue weighted by atomic mass is 32.1. The van der Waals surface area contributed by atoms with E-state index in [0.29, 0.717) is 5.13 Å². The summed E-state index contributed by atoms with van der Waals surface area (Å²) in [5, 5.41) is 3.68. The van der Waals surface area contributed by atoms with Crippen LogP contribution < -0.4 is 10.2 Å². The third-order valence-electron chi connectivity index (χ3n) is 4.95. The van der Waals surface area contributed by atoms with Gasteiger partial charge in [-0.2, -0.15) is 0 Å². The van der Waals surface area contributed by atoms with Gasteiger partial charge in [-0.3, -0.25) is 4.79 Å². The number of piperidine rings is 1. The zero-order chi connectivity index (χ0) is 19.3. The predicted molar refractivity (Wildman–Crippen MR) is 112 cm³/mol. The van der Waals surface area contributed by atoms with Gasteiger partial charge >= 0.3 is 0 Å². The number of aromatic nitrogens is 3. The van der Waals surface area contributed by atoms with E-state index in [1.54, 1.807) is 23.7 Å². The van der Waals surface area contributed by atoms with Gasteiger partial charge in [0.15, 0.2) is 5.13 Å². The van der Waals surface area contributed by atoms with Crippen molar-refractivity contribution in [3.8, 4) is 0 Å². The Bertz CT molecular complexity index is 935. The monoisotopic (exact) mass is 393 g/mol. The van der Waals surface area contributed by atoms with Crippen LogP contribution in [0.4, 0.5) is 11.1 Å². The lowest BCUT2D eigenvalue weighted by atomic mass is 9.96. The summed E-state index contributed by atoms with van der Waals surface area (Å²) in [6.07, 6.45) is 7.79. The molecule has 0 spiro atoms. The quantitative estimate of drug-likeness (QED) is 0.716. The first-order chi connectivity index (χ1) is 13.7. The molecule has 0 aliphatic carbocycles. The Morgan fingerprint density at radius 2 is 1.96 bits per heavy atom. The van der Waals surface area contributed by atoms with Crippen molar-refractivity contribution in [1.29, 1.82) is 0 Å². The van der Waals surface area contributed by atoms with Gasteiger partial charge in [-0.05, 0) is 31.4 Å². The van der Waals surface area contributed by atoms with E-state index in [-0.39, 0.29) is 11.8 Å². The Morgan fingerprint density at radius 1 is 1.18 bits per heavy atom. The van der Waals surface area contributed by atoms with Crippen LogP contribution in [0.3, 0.4) is 0 Å². The molecule has 0 saturated carbocycles. The Hall–Kier alpha value is -2.80. The first-order valence-corrected chi connectivity index (χ1v) is 10.3. The third-order valence-corrected chi connectivity index (χ3v) is 5.86. The molecule has 2 aromatic heterocycles. The maximum Gasteiger partial charge on any atom is 0.229 e. The average Bonchev–Trinajstić information content (AvgIpc) is 3.15. The van der Waals surface area contributed by atoms with Crippen molar-refractivity contribution in [2.24, 2.45) is 5.92 Å². The number of carbonyl (C=O) groups is 1. The van der Waals surface area contributed by atoms with Crippen LogP contribution in [0, 0.1) is 12.8 Å². The highest BCUT2D eigenvalue weighted by Gasteiger charge is 2.26. The number of carbonyl (C=O) groups excluding carboxylic acids is 1. The van der Waals surface area contributed by atoms with Gasteiger partial charge in [-0.15, -0.1) is 11.3 Å². The number of amides is 1. The lowest BCUT2D eigenvalue weighted by Gasteiger charge is -2.30. The van der Waals surface area contributed by atoms with Crippen LogP contribution in [-0.4, -0.2) is 33.9 Å². The molecule has 1 fully saturated rings. The van der Waals surface area contributed by atoms with Crippen LogP contribution in [0.1, 0.15) is 28.8 Å². The minimum absolute atomic E-state index is 0.00378. The Kier molecular flexibility index (Phi) is 5.62. The van der Waals surface area contributed by atoms with Gasteiger partial charge < -0.3 is 10.2 Å². The maximum atomic E-state index is 12.6. The van der Waals surface area contributed by atoms with Crippen LogP contribution in [0.25, 0.3) is 0 Å². The summed E-state index contributed by atoms with van der Waals surface area (Å²) in [5.41, 5.74) is 2.51. The fourth-order valence-corrected chi connectivity index (χ4v) is 4.32. The van der Waals surface area contributed by atoms with E-state index >= 15 is 0 Å². The molecule has 144 valence electrons. The van der Waals surface area contributed by atoms with Gasteiger partial charge in [-0.25, -0.2) is 15.0 Å². The third kappa shape index (κ3) is 4.54. The number of anilines is 2. The fourth-order valence-electron chi connectivity index (χ4n) is 3.47. The summed E-state index contributed by atoms with van der Waals surface area (Å²) in [4.78, 5) is 28.9. The second kappa shape index (κ2) is 8.48. The minimum atomic E-state index is 0.00378. The Morgan fingerprint density at radius 3 is 2.71 bits per heavy atom. The molecule has 0 atom stereocenters. The summed E-state index contributed by atoms with van der Waals surface area (Å²) in [6, 6.07) is 10.3. The standard InChI is InChI=1S/C21H23N5OS/c1-15-4-2-5-16(12-15)13-18-14-24-21(28-18)25-19(27)17-6-10-26(11-7-17)20-22-8-3-9-23-20/h2-5,8-9,12,14,17H,6-7,10-11,13H2,1H3,(H,24,25,27). The fraction of sp³-hybridized carbons (Fsp3) is 0.333. The normalized spacial score (nSPS) is 14.8. The molecule has 0 unspecified atom stereocenters. The molecule has 1 N–H and O–H groups in total. The summed E-state index contributed by atoms with van der Waals surface area (Å²) in [7, 11) is 0. The highest BCUT2D eigenvalue weighted by Crippen LogP contribution is 2.25. The predicted octanol–water partition coefficient (Wildman–Crippen LogP) is 3.69. The number of nitrogens with zero attached hydrogens (tertiary/aromatic N) is 4. The zero-order valence-electron chi connectivity index (χ0n) is 15.8. The number of rotatable bonds is 5. The molecule has 4 rings (SSSR count). The molecule has 1 aliphatic rings. The Labute approximate surface area is 168 Å². The van der Waals surface area contributed by atoms with Crippen molar-refractivity contribution in [3.05, 3.63) is 64.9 Å². The van der Waals surface area contributed by atoms with E-state index in [4.69, 9.17) is 0 Å². The van der Waals surface area contributed by atoms with Crippen LogP contribution >= 0.6 is 11.3 Å². The summed E-state index contributed by atoms with van der Waals surface area (Å²) in [5.74, 6) is 0.802. The van der Waals surface area contributed by atoms with E-state index in [2.05, 4.69) is 56.4 Å². The second-order valence-electron chi connectivity index (χ2n) is 7.10. The smallest absolute Gasteiger partial charge is 0.229 e. The van der Waals surface area contributed by atoms with Gasteiger partial charge in [0.25, 0.3) is 0 Å². The van der Waals surface area contributed by atoms with Gasteiger partial charge in [0.05, 0.1) is 0 Å². The lowest BCUT2D eigenvalue weighted by molar-refractivity contribution is -0.120. The minimum Gasteiger partial charge on any atom is -0.341 e. The van der Waals surface area contributed by atoms with Crippen molar-refractivity contribution in [2.75, 3.05) is 23.3 Å². The lowest BCUT2D eigenvalue weighted by Crippen LogP contribution is -2.38. The van der Waals surface area contributed by atoms with E-state index in [9.17, 15) is 4.79 Å². The van der Waals surface area contributed by atoms with E-state index in [1.165, 1.54) is 11.1 Å². The number of aryl methyl sites for hydroxylation is 1. The molecule has 1 aromatic carbocycles. The molecular formula is C21H23N5OS. The van der Waals surface area contributed by atoms with Crippen LogP contribution in [0.15, 0.2) is 48.9 Å². The maximum absolute atomic E-state index is 12.6. The molecule has 3 aromatic rings. The first-order valence-electron chi connectivity index (χ1n) is 9.50. The topological polar surface area (TPSA) is 71.0 Å². The Balaban J connectivity index is 1.30. The van der Waals surface area contributed by atoms with E-state index in [1.807, 2.05) is 12.3 Å². The van der Waals surface area contributed by atoms with Crippen molar-refractivity contribution < 1.29 is 4.79 Å². The second-order valence-corrected chi connectivity index (χ2v) is 8.21. The van der Waals surface area contributed by atoms with Gasteiger partial charge in [0.2, 0.25) is 11.9 Å². The van der Waals surface area contributed by atoms with Crippen molar-refractivity contribution in [2.45, 2.75) is 26.2 Å². The van der Waals surface area contributed by atoms with Gasteiger partial charge in [0, 0.05) is 48.9 Å². The van der Waals surface area contributed by atoms with Crippen molar-refractivity contribution in [1.82, 2.24) is 15.0 Å². The number of hydrogen-bond acceptors (Lipinski definition) is 6. The molecule has 1 amide bonds. The highest BCUT2D eigenvalue weighted by molar-refractivity contribution is 7.15. The zero-order valence-corrected chi connectivity index (χ0v) is 16.7. The molecule has 3 heterocycles. The molecule has 28 heavy (non-hydrogen) atoms. The van der Waals surface area contributed by atoms with Gasteiger partial charge in [-0.1, -0.05) is 29.8 Å². The average molecular weight is 394 g/mol. The van der Waals surface area contributed by atoms with Crippen LogP contribution in [0.2, 0.25) is 0 Å². The van der Waals surface area contributed by atoms with E-state index in [0.717, 1.165) is 43.2 Å². The largest absolute Gasteiger partial charge is 0.341 e. The molecule has 0 radical (unpaired) electrons. The summed E-state index contributed by atoms with van der Waals surface area (Å²) < 4.78 is 0. The number of hydrogen-bond donors (Lipinski definition) is 1. The molecule has 1 aliphatic heterocycles. The molecule has 0 bridgehead atoms. The molecule has 6 nitrogen and oxygen atoms in total. The van der Waals surface area contributed by atoms with Crippen LogP contribution in [-0.2, 0) is 11.2 Å². The van der Waals surface area contributed by atoms with E-state index < -0.39 is 0 Å². The summed E-state index contributed by atoms with van der Waals surface area (Å²) in [6.45, 7) is 3.67. The first kappa shape index (κ1) is 18.6. The number of benzene rings is 1. The summed E-state index contributed by atoms with van der Waals surface area (Å²) >= 11 is 1.55. The molecule has 7 heteroatoms. The van der Waals surface area contributed by atoms with Gasteiger partial charge in [0.1, 0.15) is 0 Å². The molecular weight excluding hydrogens is 370 g/mol.